The van der Waals surface area contributed by atoms with Crippen LogP contribution in [0.3, 0.4) is 0 Å². The van der Waals surface area contributed by atoms with E-state index in [1.807, 2.05) is 0 Å². The van der Waals surface area contributed by atoms with E-state index in [2.05, 4.69) is 11.8 Å². The van der Waals surface area contributed by atoms with E-state index in [-0.39, 0.29) is 0 Å². The summed E-state index contributed by atoms with van der Waals surface area (Å²) in [7, 11) is 1.79. The minimum absolute atomic E-state index is 0.842. The number of nitrogens with zero attached hydrogens (tertiary/aromatic N) is 1. The van der Waals surface area contributed by atoms with E-state index in [0.29, 0.717) is 0 Å². The zero-order chi connectivity index (χ0) is 9.52. The van der Waals surface area contributed by atoms with Gasteiger partial charge in [0, 0.05) is 19.7 Å². The predicted molar refractivity (Wildman–Crippen MR) is 56.0 cm³/mol. The van der Waals surface area contributed by atoms with Gasteiger partial charge in [-0.25, -0.2) is 0 Å². The van der Waals surface area contributed by atoms with Crippen molar-refractivity contribution < 1.29 is 4.74 Å². The van der Waals surface area contributed by atoms with Crippen molar-refractivity contribution in [3.8, 4) is 0 Å². The molecule has 0 aliphatic heterocycles. The first-order valence-corrected chi connectivity index (χ1v) is 5.61. The van der Waals surface area contributed by atoms with Crippen molar-refractivity contribution in [3.63, 3.8) is 0 Å². The number of hydrogen-bond donors (Lipinski definition) is 0. The molecule has 0 spiro atoms. The second kappa shape index (κ2) is 6.39. The molecule has 1 fully saturated rings. The van der Waals surface area contributed by atoms with Gasteiger partial charge in [-0.1, -0.05) is 26.2 Å². The Labute approximate surface area is 82.3 Å². The first kappa shape index (κ1) is 11.0. The van der Waals surface area contributed by atoms with Gasteiger partial charge in [0.2, 0.25) is 0 Å². The summed E-state index contributed by atoms with van der Waals surface area (Å²) in [6, 6.07) is 0.842. The van der Waals surface area contributed by atoms with Crippen molar-refractivity contribution in [2.45, 2.75) is 45.1 Å². The fourth-order valence-corrected chi connectivity index (χ4v) is 2.25. The van der Waals surface area contributed by atoms with Crippen LogP contribution in [0.5, 0.6) is 0 Å². The highest BCUT2D eigenvalue weighted by Gasteiger charge is 2.18. The van der Waals surface area contributed by atoms with Gasteiger partial charge in [-0.15, -0.1) is 0 Å². The Morgan fingerprint density at radius 1 is 1.23 bits per heavy atom. The van der Waals surface area contributed by atoms with Gasteiger partial charge in [-0.3, -0.25) is 4.90 Å². The molecule has 13 heavy (non-hydrogen) atoms. The normalized spacial score (nSPS) is 19.6. The maximum Gasteiger partial charge on any atom is 0.0589 e. The van der Waals surface area contributed by atoms with Crippen LogP contribution in [0.1, 0.15) is 39.0 Å². The third kappa shape index (κ3) is 3.65. The van der Waals surface area contributed by atoms with Gasteiger partial charge in [0.1, 0.15) is 0 Å². The summed E-state index contributed by atoms with van der Waals surface area (Å²) in [4.78, 5) is 2.57. The molecule has 1 rings (SSSR count). The molecule has 0 aromatic rings. The Bertz CT molecular complexity index is 121. The molecule has 1 saturated carbocycles. The Morgan fingerprint density at radius 3 is 2.46 bits per heavy atom. The number of ether oxygens (including phenoxy) is 1. The maximum absolute atomic E-state index is 5.12. The molecule has 0 amide bonds. The topological polar surface area (TPSA) is 12.5 Å². The average molecular weight is 185 g/mol. The lowest BCUT2D eigenvalue weighted by Gasteiger charge is -2.33. The molecule has 2 heteroatoms. The summed E-state index contributed by atoms with van der Waals surface area (Å²) >= 11 is 0. The van der Waals surface area contributed by atoms with Crippen LogP contribution in [0.25, 0.3) is 0 Å². The second-order valence-corrected chi connectivity index (χ2v) is 3.91. The van der Waals surface area contributed by atoms with E-state index in [4.69, 9.17) is 4.74 Å². The van der Waals surface area contributed by atoms with Crippen LogP contribution in [0.2, 0.25) is 0 Å². The summed E-state index contributed by atoms with van der Waals surface area (Å²) in [5.74, 6) is 0. The van der Waals surface area contributed by atoms with E-state index in [9.17, 15) is 0 Å². The quantitative estimate of drug-likeness (QED) is 0.651. The Hall–Kier alpha value is -0.0800. The first-order chi connectivity index (χ1) is 6.38. The summed E-state index contributed by atoms with van der Waals surface area (Å²) in [5, 5.41) is 0. The van der Waals surface area contributed by atoms with Crippen molar-refractivity contribution in [3.05, 3.63) is 0 Å². The molecule has 0 heterocycles. The van der Waals surface area contributed by atoms with Crippen LogP contribution in [0.15, 0.2) is 0 Å². The van der Waals surface area contributed by atoms with Gasteiger partial charge in [0.15, 0.2) is 0 Å². The van der Waals surface area contributed by atoms with E-state index < -0.39 is 0 Å². The molecule has 0 radical (unpaired) electrons. The Morgan fingerprint density at radius 2 is 1.92 bits per heavy atom. The first-order valence-electron chi connectivity index (χ1n) is 5.61. The Balaban J connectivity index is 2.26. The zero-order valence-electron chi connectivity index (χ0n) is 9.09. The molecule has 1 aliphatic carbocycles. The molecule has 0 unspecified atom stereocenters. The molecule has 0 atom stereocenters. The highest BCUT2D eigenvalue weighted by Crippen LogP contribution is 2.21. The molecule has 0 N–H and O–H groups in total. The maximum atomic E-state index is 5.12. The average Bonchev–Trinajstić information content (AvgIpc) is 2.21. The van der Waals surface area contributed by atoms with Crippen LogP contribution in [0.4, 0.5) is 0 Å². The number of methoxy groups -OCH3 is 1. The van der Waals surface area contributed by atoms with E-state index >= 15 is 0 Å². The van der Waals surface area contributed by atoms with Gasteiger partial charge >= 0.3 is 0 Å². The highest BCUT2D eigenvalue weighted by atomic mass is 16.5. The van der Waals surface area contributed by atoms with Crippen molar-refractivity contribution in [2.75, 3.05) is 26.8 Å². The lowest BCUT2D eigenvalue weighted by Crippen LogP contribution is -2.38. The van der Waals surface area contributed by atoms with Crippen molar-refractivity contribution in [2.24, 2.45) is 0 Å². The summed E-state index contributed by atoms with van der Waals surface area (Å²) in [6.07, 6.45) is 7.09. The third-order valence-corrected chi connectivity index (χ3v) is 3.08. The monoisotopic (exact) mass is 185 g/mol. The molecule has 1 aliphatic rings. The lowest BCUT2D eigenvalue weighted by atomic mass is 9.94. The molecular weight excluding hydrogens is 162 g/mol. The number of likely N-dealkylation sites (N-methyl/N-ethyl adjacent to an activating group) is 1. The lowest BCUT2D eigenvalue weighted by molar-refractivity contribution is 0.107. The van der Waals surface area contributed by atoms with Gasteiger partial charge < -0.3 is 4.74 Å². The van der Waals surface area contributed by atoms with Crippen molar-refractivity contribution >= 4 is 0 Å². The fourth-order valence-electron chi connectivity index (χ4n) is 2.25. The van der Waals surface area contributed by atoms with E-state index in [1.165, 1.54) is 38.6 Å². The van der Waals surface area contributed by atoms with Crippen LogP contribution in [-0.4, -0.2) is 37.7 Å². The van der Waals surface area contributed by atoms with Crippen molar-refractivity contribution in [1.82, 2.24) is 4.90 Å². The smallest absolute Gasteiger partial charge is 0.0589 e. The molecule has 2 nitrogen and oxygen atoms in total. The van der Waals surface area contributed by atoms with E-state index in [0.717, 1.165) is 19.2 Å². The summed E-state index contributed by atoms with van der Waals surface area (Å²) in [5.41, 5.74) is 0. The number of rotatable bonds is 5. The van der Waals surface area contributed by atoms with Crippen molar-refractivity contribution in [1.29, 1.82) is 0 Å². The molecule has 0 saturated heterocycles. The van der Waals surface area contributed by atoms with Crippen LogP contribution >= 0.6 is 0 Å². The molecule has 0 bridgehead atoms. The summed E-state index contributed by atoms with van der Waals surface area (Å²) < 4.78 is 5.12. The number of hydrogen-bond acceptors (Lipinski definition) is 2. The highest BCUT2D eigenvalue weighted by molar-refractivity contribution is 4.74. The van der Waals surface area contributed by atoms with Crippen LogP contribution < -0.4 is 0 Å². The Kier molecular flexibility index (Phi) is 5.40. The minimum Gasteiger partial charge on any atom is -0.383 e. The van der Waals surface area contributed by atoms with Crippen LogP contribution in [0, 0.1) is 0 Å². The molecule has 0 aromatic carbocycles. The minimum atomic E-state index is 0.842. The van der Waals surface area contributed by atoms with Crippen LogP contribution in [-0.2, 0) is 4.74 Å². The molecular formula is C11H23NO. The van der Waals surface area contributed by atoms with Gasteiger partial charge in [0.05, 0.1) is 6.61 Å². The standard InChI is InChI=1S/C11H23NO/c1-3-12(9-10-13-2)11-7-5-4-6-8-11/h11H,3-10H2,1-2H3. The summed E-state index contributed by atoms with van der Waals surface area (Å²) in [6.45, 7) is 5.42. The second-order valence-electron chi connectivity index (χ2n) is 3.91. The third-order valence-electron chi connectivity index (χ3n) is 3.08. The zero-order valence-corrected chi connectivity index (χ0v) is 9.09. The van der Waals surface area contributed by atoms with Gasteiger partial charge in [-0.05, 0) is 19.4 Å². The van der Waals surface area contributed by atoms with Gasteiger partial charge in [-0.2, -0.15) is 0 Å². The SMILES string of the molecule is CCN(CCOC)C1CCCCC1. The predicted octanol–water partition coefficient (Wildman–Crippen LogP) is 2.29. The van der Waals surface area contributed by atoms with Gasteiger partial charge in [0.25, 0.3) is 0 Å². The molecule has 0 aromatic heterocycles. The molecule has 78 valence electrons. The van der Waals surface area contributed by atoms with E-state index in [1.54, 1.807) is 7.11 Å². The largest absolute Gasteiger partial charge is 0.383 e. The fraction of sp³-hybridized carbons (Fsp3) is 1.00.